The molecule has 0 aromatic heterocycles. The van der Waals surface area contributed by atoms with Crippen LogP contribution >= 0.6 is 0 Å². The predicted molar refractivity (Wildman–Crippen MR) is 95.2 cm³/mol. The Labute approximate surface area is 146 Å². The molecule has 0 radical (unpaired) electrons. The minimum atomic E-state index is -0.276. The number of halogens is 1. The molecular formula is C19H21FN4O. The molecule has 1 saturated heterocycles. The average Bonchev–Trinajstić information content (AvgIpc) is 2.64. The van der Waals surface area contributed by atoms with Crippen LogP contribution < -0.4 is 5.73 Å². The first-order chi connectivity index (χ1) is 12.1. The molecule has 5 nitrogen and oxygen atoms in total. The zero-order valence-electron chi connectivity index (χ0n) is 13.9. The second-order valence-corrected chi connectivity index (χ2v) is 6.02. The third-order valence-corrected chi connectivity index (χ3v) is 4.20. The number of benzene rings is 2. The fourth-order valence-corrected chi connectivity index (χ4v) is 2.74. The highest BCUT2D eigenvalue weighted by molar-refractivity contribution is 5.86. The third kappa shape index (κ3) is 4.56. The summed E-state index contributed by atoms with van der Waals surface area (Å²) in [7, 11) is 0. The molecule has 0 saturated carbocycles. The van der Waals surface area contributed by atoms with Gasteiger partial charge in [0.1, 0.15) is 5.82 Å². The number of carbonyl (C=O) groups excluding carboxylic acids is 1. The molecule has 1 aliphatic heterocycles. The van der Waals surface area contributed by atoms with Crippen LogP contribution in [0.1, 0.15) is 11.1 Å². The highest BCUT2D eigenvalue weighted by atomic mass is 19.1. The third-order valence-electron chi connectivity index (χ3n) is 4.20. The minimum Gasteiger partial charge on any atom is -0.370 e. The van der Waals surface area contributed by atoms with E-state index < -0.39 is 0 Å². The lowest BCUT2D eigenvalue weighted by Crippen LogP contribution is -2.53. The summed E-state index contributed by atoms with van der Waals surface area (Å²) >= 11 is 0. The number of carbonyl (C=O) groups is 1. The van der Waals surface area contributed by atoms with Crippen LogP contribution in [-0.2, 0) is 17.9 Å². The standard InChI is InChI=1S/C19H21FN4O/c20-17-8-6-16(7-9-17)13-23-10-11-24(14-18(23)25)19(21)22-12-15-4-2-1-3-5-15/h1-9H,10-14H2,(H2,21,22). The molecule has 3 rings (SSSR count). The van der Waals surface area contributed by atoms with E-state index in [1.165, 1.54) is 12.1 Å². The van der Waals surface area contributed by atoms with Gasteiger partial charge in [-0.15, -0.1) is 0 Å². The Kier molecular flexibility index (Phi) is 5.28. The molecule has 6 heteroatoms. The van der Waals surface area contributed by atoms with E-state index in [0.717, 1.165) is 11.1 Å². The van der Waals surface area contributed by atoms with Crippen molar-refractivity contribution in [1.29, 1.82) is 0 Å². The number of hydrogen-bond donors (Lipinski definition) is 1. The molecule has 0 aliphatic carbocycles. The van der Waals surface area contributed by atoms with Crippen molar-refractivity contribution in [2.45, 2.75) is 13.1 Å². The van der Waals surface area contributed by atoms with Crippen molar-refractivity contribution < 1.29 is 9.18 Å². The van der Waals surface area contributed by atoms with Gasteiger partial charge in [0.15, 0.2) is 5.96 Å². The van der Waals surface area contributed by atoms with Crippen LogP contribution in [0.5, 0.6) is 0 Å². The zero-order chi connectivity index (χ0) is 17.6. The lowest BCUT2D eigenvalue weighted by atomic mass is 10.2. The number of aliphatic imine (C=N–C) groups is 1. The van der Waals surface area contributed by atoms with Crippen molar-refractivity contribution in [3.05, 3.63) is 71.5 Å². The van der Waals surface area contributed by atoms with E-state index in [1.807, 2.05) is 30.3 Å². The number of hydrogen-bond acceptors (Lipinski definition) is 2. The molecule has 1 heterocycles. The molecule has 0 unspecified atom stereocenters. The molecule has 2 aromatic rings. The minimum absolute atomic E-state index is 0.00608. The smallest absolute Gasteiger partial charge is 0.242 e. The van der Waals surface area contributed by atoms with Crippen LogP contribution in [-0.4, -0.2) is 41.3 Å². The van der Waals surface area contributed by atoms with Gasteiger partial charge in [-0.2, -0.15) is 0 Å². The highest BCUT2D eigenvalue weighted by Gasteiger charge is 2.25. The first-order valence-electron chi connectivity index (χ1n) is 8.23. The Morgan fingerprint density at radius 1 is 1.04 bits per heavy atom. The van der Waals surface area contributed by atoms with Crippen molar-refractivity contribution in [2.24, 2.45) is 10.7 Å². The molecule has 2 N–H and O–H groups in total. The van der Waals surface area contributed by atoms with E-state index in [-0.39, 0.29) is 18.3 Å². The van der Waals surface area contributed by atoms with Gasteiger partial charge in [0.2, 0.25) is 5.91 Å². The second-order valence-electron chi connectivity index (χ2n) is 6.02. The molecular weight excluding hydrogens is 319 g/mol. The van der Waals surface area contributed by atoms with Gasteiger partial charge in [-0.1, -0.05) is 42.5 Å². The van der Waals surface area contributed by atoms with Crippen molar-refractivity contribution in [2.75, 3.05) is 19.6 Å². The number of rotatable bonds is 4. The lowest BCUT2D eigenvalue weighted by molar-refractivity contribution is -0.135. The Hall–Kier alpha value is -2.89. The topological polar surface area (TPSA) is 61.9 Å². The summed E-state index contributed by atoms with van der Waals surface area (Å²) in [6, 6.07) is 16.1. The summed E-state index contributed by atoms with van der Waals surface area (Å²) in [6.45, 7) is 2.39. The summed E-state index contributed by atoms with van der Waals surface area (Å²) in [5, 5.41) is 0. The van der Waals surface area contributed by atoms with Gasteiger partial charge in [-0.05, 0) is 23.3 Å². The quantitative estimate of drug-likeness (QED) is 0.684. The van der Waals surface area contributed by atoms with E-state index in [1.54, 1.807) is 21.9 Å². The normalized spacial score (nSPS) is 15.6. The van der Waals surface area contributed by atoms with Crippen LogP contribution in [0, 0.1) is 5.82 Å². The number of nitrogens with zero attached hydrogens (tertiary/aromatic N) is 3. The Morgan fingerprint density at radius 3 is 2.44 bits per heavy atom. The maximum Gasteiger partial charge on any atom is 0.242 e. The lowest BCUT2D eigenvalue weighted by Gasteiger charge is -2.35. The highest BCUT2D eigenvalue weighted by Crippen LogP contribution is 2.11. The van der Waals surface area contributed by atoms with Gasteiger partial charge in [0.25, 0.3) is 0 Å². The Balaban J connectivity index is 1.55. The fourth-order valence-electron chi connectivity index (χ4n) is 2.74. The molecule has 0 atom stereocenters. The second kappa shape index (κ2) is 7.79. The molecule has 1 aliphatic rings. The number of amides is 1. The van der Waals surface area contributed by atoms with Crippen molar-refractivity contribution >= 4 is 11.9 Å². The number of piperazine rings is 1. The van der Waals surface area contributed by atoms with E-state index in [2.05, 4.69) is 4.99 Å². The largest absolute Gasteiger partial charge is 0.370 e. The van der Waals surface area contributed by atoms with Gasteiger partial charge in [-0.25, -0.2) is 9.38 Å². The fraction of sp³-hybridized carbons (Fsp3) is 0.263. The van der Waals surface area contributed by atoms with Crippen LogP contribution in [0.4, 0.5) is 4.39 Å². The SMILES string of the molecule is NC(=NCc1ccccc1)N1CCN(Cc2ccc(F)cc2)C(=O)C1. The van der Waals surface area contributed by atoms with Crippen LogP contribution in [0.3, 0.4) is 0 Å². The molecule has 1 fully saturated rings. The zero-order valence-corrected chi connectivity index (χ0v) is 13.9. The molecule has 0 bridgehead atoms. The summed E-state index contributed by atoms with van der Waals surface area (Å²) in [5.41, 5.74) is 8.02. The molecule has 25 heavy (non-hydrogen) atoms. The summed E-state index contributed by atoms with van der Waals surface area (Å²) in [4.78, 5) is 20.3. The van der Waals surface area contributed by atoms with Gasteiger partial charge in [-0.3, -0.25) is 4.79 Å². The van der Waals surface area contributed by atoms with Crippen molar-refractivity contribution in [1.82, 2.24) is 9.80 Å². The van der Waals surface area contributed by atoms with E-state index >= 15 is 0 Å². The van der Waals surface area contributed by atoms with Crippen LogP contribution in [0.2, 0.25) is 0 Å². The van der Waals surface area contributed by atoms with Crippen molar-refractivity contribution in [3.63, 3.8) is 0 Å². The van der Waals surface area contributed by atoms with Crippen LogP contribution in [0.25, 0.3) is 0 Å². The van der Waals surface area contributed by atoms with Crippen LogP contribution in [0.15, 0.2) is 59.6 Å². The van der Waals surface area contributed by atoms with E-state index in [9.17, 15) is 9.18 Å². The summed E-state index contributed by atoms with van der Waals surface area (Å²) in [5.74, 6) is 0.106. The van der Waals surface area contributed by atoms with Gasteiger partial charge >= 0.3 is 0 Å². The number of guanidine groups is 1. The van der Waals surface area contributed by atoms with E-state index in [0.29, 0.717) is 32.1 Å². The average molecular weight is 340 g/mol. The molecule has 0 spiro atoms. The molecule has 130 valence electrons. The van der Waals surface area contributed by atoms with Gasteiger partial charge in [0, 0.05) is 19.6 Å². The Morgan fingerprint density at radius 2 is 1.76 bits per heavy atom. The maximum absolute atomic E-state index is 13.0. The van der Waals surface area contributed by atoms with Crippen molar-refractivity contribution in [3.8, 4) is 0 Å². The van der Waals surface area contributed by atoms with E-state index in [4.69, 9.17) is 5.73 Å². The molecule has 1 amide bonds. The number of nitrogens with two attached hydrogens (primary N) is 1. The maximum atomic E-state index is 13.0. The molecule has 2 aromatic carbocycles. The Bertz CT molecular complexity index is 746. The first-order valence-corrected chi connectivity index (χ1v) is 8.23. The summed E-state index contributed by atoms with van der Waals surface area (Å²) in [6.07, 6.45) is 0. The summed E-state index contributed by atoms with van der Waals surface area (Å²) < 4.78 is 13.0. The first kappa shape index (κ1) is 17.0. The monoisotopic (exact) mass is 340 g/mol. The predicted octanol–water partition coefficient (Wildman–Crippen LogP) is 1.98. The van der Waals surface area contributed by atoms with Gasteiger partial charge in [0.05, 0.1) is 13.1 Å². The van der Waals surface area contributed by atoms with Gasteiger partial charge < -0.3 is 15.5 Å².